The summed E-state index contributed by atoms with van der Waals surface area (Å²) in [5.74, 6) is 0. The Hall–Kier alpha value is -0.700. The fourth-order valence-electron chi connectivity index (χ4n) is 4.08. The van der Waals surface area contributed by atoms with Crippen molar-refractivity contribution in [2.45, 2.75) is 129 Å². The van der Waals surface area contributed by atoms with E-state index in [1.165, 1.54) is 89.9 Å². The number of phosphoric ester groups is 1. The zero-order chi connectivity index (χ0) is 30.0. The first kappa shape index (κ1) is 39.3. The van der Waals surface area contributed by atoms with Crippen molar-refractivity contribution in [2.24, 2.45) is 0 Å². The zero-order valence-electron chi connectivity index (χ0n) is 26.5. The van der Waals surface area contributed by atoms with Gasteiger partial charge in [-0.25, -0.2) is 9.36 Å². The van der Waals surface area contributed by atoms with E-state index in [0.29, 0.717) is 24.1 Å². The van der Waals surface area contributed by atoms with E-state index in [1.807, 2.05) is 28.1 Å². The monoisotopic (exact) mass is 596 g/mol. The molecule has 0 aromatic carbocycles. The van der Waals surface area contributed by atoms with E-state index in [2.05, 4.69) is 6.92 Å². The summed E-state index contributed by atoms with van der Waals surface area (Å²) in [6.07, 6.45) is 19.9. The van der Waals surface area contributed by atoms with Gasteiger partial charge in [-0.05, 0) is 12.8 Å². The largest absolute Gasteiger partial charge is 0.508 e. The summed E-state index contributed by atoms with van der Waals surface area (Å²) in [5.41, 5.74) is 0. The van der Waals surface area contributed by atoms with Crippen LogP contribution < -0.4 is 0 Å². The fourth-order valence-corrected chi connectivity index (χ4v) is 4.82. The number of rotatable bonds is 29. The Kier molecular flexibility index (Phi) is 25.5. The van der Waals surface area contributed by atoms with Crippen LogP contribution in [0.2, 0.25) is 0 Å². The molecule has 2 atom stereocenters. The highest BCUT2D eigenvalue weighted by Crippen LogP contribution is 2.43. The van der Waals surface area contributed by atoms with Crippen LogP contribution >= 0.6 is 7.82 Å². The normalized spacial score (nSPS) is 14.2. The van der Waals surface area contributed by atoms with E-state index in [1.54, 1.807) is 0 Å². The minimum Gasteiger partial charge on any atom is -0.434 e. The van der Waals surface area contributed by atoms with E-state index in [0.717, 1.165) is 12.8 Å². The van der Waals surface area contributed by atoms with Gasteiger partial charge in [-0.15, -0.1) is 0 Å². The summed E-state index contributed by atoms with van der Waals surface area (Å²) in [6.45, 7) is 5.25. The summed E-state index contributed by atoms with van der Waals surface area (Å²) in [4.78, 5) is 21.8. The van der Waals surface area contributed by atoms with Crippen LogP contribution in [0.25, 0.3) is 0 Å². The number of hydrogen-bond donors (Lipinski definition) is 1. The number of unbranched alkanes of at least 4 members (excludes halogenated alkanes) is 15. The molecule has 0 aliphatic carbocycles. The molecule has 0 aromatic heterocycles. The van der Waals surface area contributed by atoms with Crippen LogP contribution in [0.3, 0.4) is 0 Å². The van der Waals surface area contributed by atoms with Crippen molar-refractivity contribution in [3.05, 3.63) is 0 Å². The first-order chi connectivity index (χ1) is 19.1. The lowest BCUT2D eigenvalue weighted by atomic mass is 10.0. The van der Waals surface area contributed by atoms with Gasteiger partial charge >= 0.3 is 14.0 Å². The van der Waals surface area contributed by atoms with E-state index in [4.69, 9.17) is 23.3 Å². The van der Waals surface area contributed by atoms with Crippen molar-refractivity contribution >= 4 is 14.0 Å². The molecule has 0 amide bonds. The molecule has 0 saturated carbocycles. The molecule has 0 saturated heterocycles. The quantitative estimate of drug-likeness (QED) is 0.0401. The van der Waals surface area contributed by atoms with Crippen LogP contribution in [-0.4, -0.2) is 82.4 Å². The molecule has 0 rings (SSSR count). The molecule has 240 valence electrons. The number of ether oxygens (including phenoxy) is 3. The molecular formula is C30H63NO8P+. The Balaban J connectivity index is 3.96. The van der Waals surface area contributed by atoms with Crippen LogP contribution in [-0.2, 0) is 27.8 Å². The van der Waals surface area contributed by atoms with Crippen LogP contribution in [0.5, 0.6) is 0 Å². The molecule has 0 fully saturated rings. The molecule has 0 aromatic rings. The van der Waals surface area contributed by atoms with Gasteiger partial charge in [0, 0.05) is 6.61 Å². The smallest absolute Gasteiger partial charge is 0.434 e. The fraction of sp³-hybridized carbons (Fsp3) is 0.967. The van der Waals surface area contributed by atoms with Crippen molar-refractivity contribution in [1.29, 1.82) is 0 Å². The molecule has 0 bridgehead atoms. The summed E-state index contributed by atoms with van der Waals surface area (Å²) in [5, 5.41) is 0. The Morgan fingerprint density at radius 2 is 1.18 bits per heavy atom. The second-order valence-electron chi connectivity index (χ2n) is 11.8. The standard InChI is InChI=1S/C30H62NO8P/c1-6-8-9-10-11-12-13-14-15-16-17-18-19-20-21-22-25-35-27-29(39-30(32)36-24-7-2)28-38-40(33,34)37-26-23-31(3,4)5/h29H,6-28H2,1-5H3/p+1. The SMILES string of the molecule is CCCCCCCCCCCCCCCCCCOCC(COP(=O)(O)OCC[N+](C)(C)C)OC(=O)OCCC. The van der Waals surface area contributed by atoms with Crippen molar-refractivity contribution in [2.75, 3.05) is 60.7 Å². The second kappa shape index (κ2) is 26.0. The van der Waals surface area contributed by atoms with Gasteiger partial charge < -0.3 is 23.6 Å². The number of nitrogens with zero attached hydrogens (tertiary/aromatic N) is 1. The van der Waals surface area contributed by atoms with E-state index < -0.39 is 20.1 Å². The maximum absolute atomic E-state index is 12.2. The Labute approximate surface area is 245 Å². The van der Waals surface area contributed by atoms with Gasteiger partial charge in [0.2, 0.25) is 0 Å². The third-order valence-corrected chi connectivity index (χ3v) is 7.56. The van der Waals surface area contributed by atoms with Crippen molar-refractivity contribution in [3.63, 3.8) is 0 Å². The van der Waals surface area contributed by atoms with Crippen LogP contribution in [0.1, 0.15) is 123 Å². The molecule has 0 radical (unpaired) electrons. The zero-order valence-corrected chi connectivity index (χ0v) is 27.4. The molecule has 0 spiro atoms. The molecule has 0 aliphatic rings. The average molecular weight is 597 g/mol. The first-order valence-electron chi connectivity index (χ1n) is 15.9. The topological polar surface area (TPSA) is 101 Å². The number of carbonyl (C=O) groups excluding carboxylic acids is 1. The minimum atomic E-state index is -4.27. The molecule has 40 heavy (non-hydrogen) atoms. The average Bonchev–Trinajstić information content (AvgIpc) is 2.88. The van der Waals surface area contributed by atoms with Gasteiger partial charge in [0.15, 0.2) is 6.10 Å². The lowest BCUT2D eigenvalue weighted by molar-refractivity contribution is -0.870. The maximum Gasteiger partial charge on any atom is 0.508 e. The van der Waals surface area contributed by atoms with Crippen molar-refractivity contribution < 1.29 is 42.0 Å². The molecule has 0 aliphatic heterocycles. The number of likely N-dealkylation sites (N-methyl/N-ethyl adjacent to an activating group) is 1. The molecule has 9 nitrogen and oxygen atoms in total. The van der Waals surface area contributed by atoms with Gasteiger partial charge in [-0.2, -0.15) is 0 Å². The predicted octanol–water partition coefficient (Wildman–Crippen LogP) is 8.04. The summed E-state index contributed by atoms with van der Waals surface area (Å²) < 4.78 is 38.8. The highest BCUT2D eigenvalue weighted by molar-refractivity contribution is 7.47. The van der Waals surface area contributed by atoms with E-state index >= 15 is 0 Å². The highest BCUT2D eigenvalue weighted by Gasteiger charge is 2.26. The lowest BCUT2D eigenvalue weighted by Gasteiger charge is -2.24. The lowest BCUT2D eigenvalue weighted by Crippen LogP contribution is -2.37. The number of quaternary nitrogens is 1. The van der Waals surface area contributed by atoms with Crippen molar-refractivity contribution in [3.8, 4) is 0 Å². The van der Waals surface area contributed by atoms with E-state index in [-0.39, 0.29) is 26.4 Å². The van der Waals surface area contributed by atoms with Crippen molar-refractivity contribution in [1.82, 2.24) is 0 Å². The first-order valence-corrected chi connectivity index (χ1v) is 17.4. The van der Waals surface area contributed by atoms with Crippen LogP contribution in [0.4, 0.5) is 4.79 Å². The van der Waals surface area contributed by atoms with Crippen LogP contribution in [0, 0.1) is 0 Å². The van der Waals surface area contributed by atoms with Crippen LogP contribution in [0.15, 0.2) is 0 Å². The number of phosphoric acid groups is 1. The molecule has 2 unspecified atom stereocenters. The summed E-state index contributed by atoms with van der Waals surface area (Å²) in [7, 11) is 1.59. The summed E-state index contributed by atoms with van der Waals surface area (Å²) in [6, 6.07) is 0. The molecular weight excluding hydrogens is 533 g/mol. The van der Waals surface area contributed by atoms with Gasteiger partial charge in [-0.1, -0.05) is 110 Å². The number of hydrogen-bond acceptors (Lipinski definition) is 7. The molecule has 1 N–H and O–H groups in total. The van der Waals surface area contributed by atoms with E-state index in [9.17, 15) is 14.3 Å². The Morgan fingerprint density at radius 1 is 0.675 bits per heavy atom. The van der Waals surface area contributed by atoms with Gasteiger partial charge in [0.25, 0.3) is 0 Å². The Morgan fingerprint density at radius 3 is 1.65 bits per heavy atom. The van der Waals surface area contributed by atoms with Gasteiger partial charge in [0.1, 0.15) is 13.2 Å². The van der Waals surface area contributed by atoms with Gasteiger partial charge in [-0.3, -0.25) is 9.05 Å². The summed E-state index contributed by atoms with van der Waals surface area (Å²) >= 11 is 0. The third-order valence-electron chi connectivity index (χ3n) is 6.57. The highest BCUT2D eigenvalue weighted by atomic mass is 31.2. The second-order valence-corrected chi connectivity index (χ2v) is 13.3. The molecule has 10 heteroatoms. The third kappa shape index (κ3) is 28.8. The van der Waals surface area contributed by atoms with Gasteiger partial charge in [0.05, 0.1) is 41.0 Å². The predicted molar refractivity (Wildman–Crippen MR) is 162 cm³/mol. The number of carbonyl (C=O) groups is 1. The molecule has 0 heterocycles. The minimum absolute atomic E-state index is 0.0544. The maximum atomic E-state index is 12.2. The Bertz CT molecular complexity index is 629.